The lowest BCUT2D eigenvalue weighted by Crippen LogP contribution is -2.40. The van der Waals surface area contributed by atoms with Crippen molar-refractivity contribution in [2.45, 2.75) is 17.9 Å². The second-order valence-electron chi connectivity index (χ2n) is 6.63. The minimum absolute atomic E-state index is 0.0511. The van der Waals surface area contributed by atoms with Crippen LogP contribution in [0, 0.1) is 5.82 Å². The number of ether oxygens (including phenoxy) is 2. The maximum Gasteiger partial charge on any atom is 0.251 e. The summed E-state index contributed by atoms with van der Waals surface area (Å²) in [5, 5.41) is 2.76. The third-order valence-electron chi connectivity index (χ3n) is 4.73. The van der Waals surface area contributed by atoms with Crippen LogP contribution in [0.5, 0.6) is 5.75 Å². The molecule has 7 nitrogen and oxygen atoms in total. The van der Waals surface area contributed by atoms with Gasteiger partial charge in [0, 0.05) is 18.7 Å². The van der Waals surface area contributed by atoms with Gasteiger partial charge in [0.05, 0.1) is 31.3 Å². The first-order valence-corrected chi connectivity index (χ1v) is 10.6. The van der Waals surface area contributed by atoms with E-state index in [2.05, 4.69) is 5.32 Å². The number of rotatable bonds is 6. The van der Waals surface area contributed by atoms with Crippen LogP contribution in [0.1, 0.15) is 28.9 Å². The highest BCUT2D eigenvalue weighted by molar-refractivity contribution is 7.89. The van der Waals surface area contributed by atoms with Crippen molar-refractivity contribution < 1.29 is 27.1 Å². The van der Waals surface area contributed by atoms with Crippen molar-refractivity contribution in [1.29, 1.82) is 0 Å². The fourth-order valence-electron chi connectivity index (χ4n) is 3.05. The van der Waals surface area contributed by atoms with E-state index in [0.717, 1.165) is 0 Å². The van der Waals surface area contributed by atoms with Gasteiger partial charge in [0.1, 0.15) is 0 Å². The SMILES string of the molecule is COc1ccc([C@H](C)NC(=O)c2cccc(S(=O)(=O)N3CCOCC3)c2)cc1F. The Bertz CT molecular complexity index is 990. The van der Waals surface area contributed by atoms with Crippen LogP contribution in [0.4, 0.5) is 4.39 Å². The molecule has 0 spiro atoms. The minimum Gasteiger partial charge on any atom is -0.494 e. The van der Waals surface area contributed by atoms with E-state index >= 15 is 0 Å². The van der Waals surface area contributed by atoms with Crippen LogP contribution in [0.25, 0.3) is 0 Å². The zero-order chi connectivity index (χ0) is 21.0. The number of hydrogen-bond donors (Lipinski definition) is 1. The van der Waals surface area contributed by atoms with Crippen LogP contribution in [-0.4, -0.2) is 52.0 Å². The lowest BCUT2D eigenvalue weighted by molar-refractivity contribution is 0.0730. The monoisotopic (exact) mass is 422 g/mol. The predicted octanol–water partition coefficient (Wildman–Crippen LogP) is 2.35. The van der Waals surface area contributed by atoms with Gasteiger partial charge < -0.3 is 14.8 Å². The number of nitrogens with one attached hydrogen (secondary N) is 1. The predicted molar refractivity (Wildman–Crippen MR) is 105 cm³/mol. The number of nitrogens with zero attached hydrogens (tertiary/aromatic N) is 1. The number of morpholine rings is 1. The highest BCUT2D eigenvalue weighted by Crippen LogP contribution is 2.23. The van der Waals surface area contributed by atoms with E-state index in [1.54, 1.807) is 13.0 Å². The second kappa shape index (κ2) is 8.89. The zero-order valence-corrected chi connectivity index (χ0v) is 17.0. The van der Waals surface area contributed by atoms with Crippen LogP contribution in [0.15, 0.2) is 47.4 Å². The summed E-state index contributed by atoms with van der Waals surface area (Å²) >= 11 is 0. The van der Waals surface area contributed by atoms with E-state index < -0.39 is 27.8 Å². The maximum absolute atomic E-state index is 13.9. The summed E-state index contributed by atoms with van der Waals surface area (Å²) in [4.78, 5) is 12.7. The fourth-order valence-corrected chi connectivity index (χ4v) is 4.50. The molecule has 1 saturated heterocycles. The second-order valence-corrected chi connectivity index (χ2v) is 8.57. The number of hydrogen-bond acceptors (Lipinski definition) is 5. The fraction of sp³-hybridized carbons (Fsp3) is 0.350. The molecule has 29 heavy (non-hydrogen) atoms. The van der Waals surface area contributed by atoms with E-state index in [9.17, 15) is 17.6 Å². The Morgan fingerprint density at radius 1 is 1.21 bits per heavy atom. The molecule has 0 aromatic heterocycles. The molecule has 3 rings (SSSR count). The summed E-state index contributed by atoms with van der Waals surface area (Å²) in [6, 6.07) is 9.83. The van der Waals surface area contributed by atoms with E-state index in [1.807, 2.05) is 0 Å². The molecule has 0 radical (unpaired) electrons. The van der Waals surface area contributed by atoms with Gasteiger partial charge in [0.2, 0.25) is 10.0 Å². The first-order valence-electron chi connectivity index (χ1n) is 9.15. The van der Waals surface area contributed by atoms with Gasteiger partial charge in [0.25, 0.3) is 5.91 Å². The number of benzene rings is 2. The molecule has 1 heterocycles. The molecule has 1 fully saturated rings. The molecular weight excluding hydrogens is 399 g/mol. The maximum atomic E-state index is 13.9. The standard InChI is InChI=1S/C20H23FN2O5S/c1-14(15-6-7-19(27-2)18(21)13-15)22-20(24)16-4-3-5-17(12-16)29(25,26)23-8-10-28-11-9-23/h3-7,12-14H,8-11H2,1-2H3,(H,22,24)/t14-/m0/s1. The zero-order valence-electron chi connectivity index (χ0n) is 16.2. The normalized spacial score (nSPS) is 16.2. The summed E-state index contributed by atoms with van der Waals surface area (Å²) < 4.78 is 50.9. The van der Waals surface area contributed by atoms with Crippen LogP contribution < -0.4 is 10.1 Å². The van der Waals surface area contributed by atoms with Crippen molar-refractivity contribution in [3.63, 3.8) is 0 Å². The molecule has 0 aliphatic carbocycles. The minimum atomic E-state index is -3.70. The molecular formula is C20H23FN2O5S. The molecule has 1 aliphatic rings. The lowest BCUT2D eigenvalue weighted by Gasteiger charge is -2.26. The average Bonchev–Trinajstić information content (AvgIpc) is 2.74. The van der Waals surface area contributed by atoms with Gasteiger partial charge in [-0.2, -0.15) is 4.31 Å². The molecule has 2 aromatic rings. The highest BCUT2D eigenvalue weighted by Gasteiger charge is 2.27. The molecule has 0 bridgehead atoms. The first kappa shape index (κ1) is 21.2. The molecule has 1 amide bonds. The van der Waals surface area contributed by atoms with Gasteiger partial charge in [-0.05, 0) is 42.8 Å². The Hall–Kier alpha value is -2.49. The Balaban J connectivity index is 1.76. The third kappa shape index (κ3) is 4.75. The van der Waals surface area contributed by atoms with Crippen molar-refractivity contribution in [1.82, 2.24) is 9.62 Å². The topological polar surface area (TPSA) is 84.9 Å². The Kier molecular flexibility index (Phi) is 6.51. The van der Waals surface area contributed by atoms with Crippen LogP contribution in [0.3, 0.4) is 0 Å². The molecule has 0 saturated carbocycles. The Morgan fingerprint density at radius 3 is 2.59 bits per heavy atom. The van der Waals surface area contributed by atoms with Crippen molar-refractivity contribution in [3.8, 4) is 5.75 Å². The Morgan fingerprint density at radius 2 is 1.93 bits per heavy atom. The summed E-state index contributed by atoms with van der Waals surface area (Å²) in [5.41, 5.74) is 0.772. The van der Waals surface area contributed by atoms with Crippen LogP contribution >= 0.6 is 0 Å². The smallest absolute Gasteiger partial charge is 0.251 e. The molecule has 2 aromatic carbocycles. The van der Waals surface area contributed by atoms with Gasteiger partial charge >= 0.3 is 0 Å². The van der Waals surface area contributed by atoms with Gasteiger partial charge in [-0.25, -0.2) is 12.8 Å². The van der Waals surface area contributed by atoms with Gasteiger partial charge in [-0.1, -0.05) is 12.1 Å². The van der Waals surface area contributed by atoms with E-state index in [-0.39, 0.29) is 29.3 Å². The largest absolute Gasteiger partial charge is 0.494 e. The molecule has 1 atom stereocenters. The van der Waals surface area contributed by atoms with Gasteiger partial charge in [-0.3, -0.25) is 4.79 Å². The van der Waals surface area contributed by atoms with Crippen molar-refractivity contribution in [3.05, 3.63) is 59.4 Å². The van der Waals surface area contributed by atoms with Crippen LogP contribution in [0.2, 0.25) is 0 Å². The summed E-state index contributed by atoms with van der Waals surface area (Å²) in [5.74, 6) is -0.856. The lowest BCUT2D eigenvalue weighted by atomic mass is 10.1. The number of carbonyl (C=O) groups is 1. The molecule has 9 heteroatoms. The van der Waals surface area contributed by atoms with Gasteiger partial charge in [0.15, 0.2) is 11.6 Å². The van der Waals surface area contributed by atoms with Gasteiger partial charge in [-0.15, -0.1) is 0 Å². The summed E-state index contributed by atoms with van der Waals surface area (Å²) in [7, 11) is -2.33. The van der Waals surface area contributed by atoms with Crippen molar-refractivity contribution in [2.24, 2.45) is 0 Å². The number of sulfonamides is 1. The number of halogens is 1. The molecule has 1 N–H and O–H groups in total. The first-order chi connectivity index (χ1) is 13.8. The Labute approximate surface area is 169 Å². The summed E-state index contributed by atoms with van der Waals surface area (Å²) in [6.45, 7) is 2.95. The number of carbonyl (C=O) groups excluding carboxylic acids is 1. The van der Waals surface area contributed by atoms with Crippen LogP contribution in [-0.2, 0) is 14.8 Å². The van der Waals surface area contributed by atoms with Crippen molar-refractivity contribution >= 4 is 15.9 Å². The third-order valence-corrected chi connectivity index (χ3v) is 6.62. The van der Waals surface area contributed by atoms with E-state index in [4.69, 9.17) is 9.47 Å². The molecule has 0 unspecified atom stereocenters. The summed E-state index contributed by atoms with van der Waals surface area (Å²) in [6.07, 6.45) is 0. The van der Waals surface area contributed by atoms with E-state index in [0.29, 0.717) is 18.8 Å². The average molecular weight is 422 g/mol. The quantitative estimate of drug-likeness (QED) is 0.773. The number of methoxy groups -OCH3 is 1. The number of amides is 1. The highest BCUT2D eigenvalue weighted by atomic mass is 32.2. The van der Waals surface area contributed by atoms with E-state index in [1.165, 1.54) is 47.8 Å². The molecule has 1 aliphatic heterocycles. The van der Waals surface area contributed by atoms with Crippen molar-refractivity contribution in [2.75, 3.05) is 33.4 Å². The molecule has 156 valence electrons.